The molecular weight excluding hydrogens is 473 g/mol. The van der Waals surface area contributed by atoms with Gasteiger partial charge in [0.1, 0.15) is 17.5 Å². The number of pyridine rings is 1. The van der Waals surface area contributed by atoms with Crippen molar-refractivity contribution in [3.63, 3.8) is 0 Å². The van der Waals surface area contributed by atoms with Crippen molar-refractivity contribution in [2.24, 2.45) is 5.92 Å². The van der Waals surface area contributed by atoms with Crippen LogP contribution in [0.1, 0.15) is 30.2 Å². The number of nitriles is 1. The van der Waals surface area contributed by atoms with E-state index in [4.69, 9.17) is 10.00 Å². The van der Waals surface area contributed by atoms with Gasteiger partial charge >= 0.3 is 18.2 Å². The number of likely N-dealkylation sites (tertiary alicyclic amines) is 1. The molecule has 1 atom stereocenters. The van der Waals surface area contributed by atoms with Crippen molar-refractivity contribution in [3.8, 4) is 17.8 Å². The van der Waals surface area contributed by atoms with Gasteiger partial charge in [-0.15, -0.1) is 0 Å². The second-order valence-electron chi connectivity index (χ2n) is 8.22. The van der Waals surface area contributed by atoms with E-state index in [-0.39, 0.29) is 23.7 Å². The molecule has 3 aromatic rings. The minimum Gasteiger partial charge on any atom is -0.424 e. The van der Waals surface area contributed by atoms with Gasteiger partial charge in [0.25, 0.3) is 0 Å². The van der Waals surface area contributed by atoms with Crippen LogP contribution in [0.5, 0.6) is 11.8 Å². The van der Waals surface area contributed by atoms with Crippen molar-refractivity contribution < 1.29 is 22.7 Å². The molecular formula is C25H21F3N6O2. The number of aromatic nitrogens is 3. The molecule has 1 fully saturated rings. The molecule has 0 aliphatic carbocycles. The molecule has 0 spiro atoms. The van der Waals surface area contributed by atoms with E-state index >= 15 is 0 Å². The Morgan fingerprint density at radius 2 is 1.97 bits per heavy atom. The third-order valence-corrected chi connectivity index (χ3v) is 5.59. The number of hydrogen-bond acceptors (Lipinski definition) is 6. The normalized spacial score (nSPS) is 16.9. The number of piperidine rings is 1. The summed E-state index contributed by atoms with van der Waals surface area (Å²) < 4.78 is 43.6. The van der Waals surface area contributed by atoms with Gasteiger partial charge < -0.3 is 15.0 Å². The number of carbonyl (C=O) groups is 1. The number of alkyl halides is 3. The smallest absolute Gasteiger partial charge is 0.419 e. The number of nitrogens with zero attached hydrogens (tertiary/aromatic N) is 5. The third-order valence-electron chi connectivity index (χ3n) is 5.59. The Balaban J connectivity index is 1.37. The highest BCUT2D eigenvalue weighted by molar-refractivity contribution is 5.89. The fraction of sp³-hybridized carbons (Fsp3) is 0.240. The van der Waals surface area contributed by atoms with E-state index in [9.17, 15) is 18.0 Å². The summed E-state index contributed by atoms with van der Waals surface area (Å²) in [5.74, 6) is 0.496. The van der Waals surface area contributed by atoms with Gasteiger partial charge in [-0.3, -0.25) is 0 Å². The number of anilines is 1. The van der Waals surface area contributed by atoms with E-state index in [1.807, 2.05) is 25.1 Å². The van der Waals surface area contributed by atoms with Crippen molar-refractivity contribution in [2.45, 2.75) is 19.5 Å². The SMILES string of the molecule is CC1CN(C(=O)Nc2ccc(C#N)nc2)CC/C1=C\c1cccc(Oc2ncc(C(F)(F)F)cn2)c1. The van der Waals surface area contributed by atoms with Gasteiger partial charge in [-0.25, -0.2) is 19.7 Å². The molecule has 4 rings (SSSR count). The van der Waals surface area contributed by atoms with Gasteiger partial charge in [-0.05, 0) is 42.2 Å². The highest BCUT2D eigenvalue weighted by atomic mass is 19.4. The van der Waals surface area contributed by atoms with Crippen molar-refractivity contribution >= 4 is 17.8 Å². The van der Waals surface area contributed by atoms with Gasteiger partial charge in [0.05, 0.1) is 17.4 Å². The fourth-order valence-electron chi connectivity index (χ4n) is 3.69. The molecule has 1 aliphatic heterocycles. The van der Waals surface area contributed by atoms with Crippen molar-refractivity contribution in [1.82, 2.24) is 19.9 Å². The average molecular weight is 494 g/mol. The molecule has 11 heteroatoms. The van der Waals surface area contributed by atoms with Crippen LogP contribution in [0.2, 0.25) is 0 Å². The summed E-state index contributed by atoms with van der Waals surface area (Å²) >= 11 is 0. The number of urea groups is 1. The van der Waals surface area contributed by atoms with Crippen molar-refractivity contribution in [2.75, 3.05) is 18.4 Å². The summed E-state index contributed by atoms with van der Waals surface area (Å²) in [4.78, 5) is 25.6. The standard InChI is InChI=1S/C25H21F3N6O2/c1-16-15-34(24(35)33-21-6-5-20(11-29)30-14-21)8-7-18(16)9-17-3-2-4-22(10-17)36-23-31-12-19(13-32-23)25(26,27)28/h2-6,9-10,12-14,16H,7-8,15H2,1H3,(H,33,35)/b18-9+. The van der Waals surface area contributed by atoms with E-state index in [1.165, 1.54) is 12.3 Å². The topological polar surface area (TPSA) is 104 Å². The molecule has 0 radical (unpaired) electrons. The monoisotopic (exact) mass is 494 g/mol. The lowest BCUT2D eigenvalue weighted by molar-refractivity contribution is -0.138. The number of benzene rings is 1. The van der Waals surface area contributed by atoms with Crippen LogP contribution in [0.15, 0.2) is 60.6 Å². The predicted molar refractivity (Wildman–Crippen MR) is 125 cm³/mol. The first-order chi connectivity index (χ1) is 17.2. The maximum Gasteiger partial charge on any atom is 0.419 e. The molecule has 2 aromatic heterocycles. The lowest BCUT2D eigenvalue weighted by Crippen LogP contribution is -2.42. The predicted octanol–water partition coefficient (Wildman–Crippen LogP) is 5.51. The first-order valence-electron chi connectivity index (χ1n) is 11.0. The Labute approximate surface area is 205 Å². The zero-order chi connectivity index (χ0) is 25.7. The molecule has 1 N–H and O–H groups in total. The number of carbonyl (C=O) groups excluding carboxylic acids is 1. The van der Waals surface area contributed by atoms with Crippen LogP contribution >= 0.6 is 0 Å². The second-order valence-corrected chi connectivity index (χ2v) is 8.22. The quantitative estimate of drug-likeness (QED) is 0.513. The molecule has 8 nitrogen and oxygen atoms in total. The largest absolute Gasteiger partial charge is 0.424 e. The number of amides is 2. The van der Waals surface area contributed by atoms with Crippen molar-refractivity contribution in [3.05, 3.63) is 77.4 Å². The maximum absolute atomic E-state index is 12.7. The number of ether oxygens (including phenoxy) is 1. The second kappa shape index (κ2) is 10.4. The molecule has 36 heavy (non-hydrogen) atoms. The first kappa shape index (κ1) is 24.7. The summed E-state index contributed by atoms with van der Waals surface area (Å²) in [6.07, 6.45) is 0.978. The fourth-order valence-corrected chi connectivity index (χ4v) is 3.69. The molecule has 0 saturated carbocycles. The molecule has 1 unspecified atom stereocenters. The van der Waals surface area contributed by atoms with Gasteiger partial charge in [0.15, 0.2) is 0 Å². The number of rotatable bonds is 4. The van der Waals surface area contributed by atoms with Gasteiger partial charge in [0, 0.05) is 25.5 Å². The lowest BCUT2D eigenvalue weighted by Gasteiger charge is -2.33. The molecule has 3 heterocycles. The van der Waals surface area contributed by atoms with Crippen molar-refractivity contribution in [1.29, 1.82) is 5.26 Å². The van der Waals surface area contributed by atoms with Crippen LogP contribution in [0, 0.1) is 17.2 Å². The molecule has 1 saturated heterocycles. The van der Waals surface area contributed by atoms with Crippen LogP contribution in [0.4, 0.5) is 23.7 Å². The Kier molecular flexibility index (Phi) is 7.15. The van der Waals surface area contributed by atoms with E-state index in [2.05, 4.69) is 20.3 Å². The summed E-state index contributed by atoms with van der Waals surface area (Å²) in [5, 5.41) is 11.6. The number of hydrogen-bond donors (Lipinski definition) is 1. The third kappa shape index (κ3) is 6.15. The van der Waals surface area contributed by atoms with Gasteiger partial charge in [-0.2, -0.15) is 18.4 Å². The summed E-state index contributed by atoms with van der Waals surface area (Å²) in [6.45, 7) is 3.09. The maximum atomic E-state index is 12.7. The van der Waals surface area contributed by atoms with Gasteiger partial charge in [-0.1, -0.05) is 30.7 Å². The first-order valence-corrected chi connectivity index (χ1v) is 11.0. The van der Waals surface area contributed by atoms with Crippen LogP contribution in [-0.4, -0.2) is 39.0 Å². The molecule has 184 valence electrons. The van der Waals surface area contributed by atoms with Gasteiger partial charge in [0.2, 0.25) is 0 Å². The Morgan fingerprint density at radius 3 is 2.61 bits per heavy atom. The minimum atomic E-state index is -4.52. The van der Waals surface area contributed by atoms with Crippen LogP contribution in [0.25, 0.3) is 6.08 Å². The van der Waals surface area contributed by atoms with Crippen LogP contribution in [-0.2, 0) is 6.18 Å². The summed E-state index contributed by atoms with van der Waals surface area (Å²) in [7, 11) is 0. The van der Waals surface area contributed by atoms with E-state index in [0.717, 1.165) is 11.1 Å². The lowest BCUT2D eigenvalue weighted by atomic mass is 9.91. The minimum absolute atomic E-state index is 0.103. The molecule has 2 amide bonds. The number of nitrogens with one attached hydrogen (secondary N) is 1. The average Bonchev–Trinajstić information content (AvgIpc) is 2.86. The Hall–Kier alpha value is -4.46. The Morgan fingerprint density at radius 1 is 1.19 bits per heavy atom. The number of halogens is 3. The zero-order valence-electron chi connectivity index (χ0n) is 19.2. The summed E-state index contributed by atoms with van der Waals surface area (Å²) in [6, 6.07) is 11.7. The zero-order valence-corrected chi connectivity index (χ0v) is 19.2. The van der Waals surface area contributed by atoms with E-state index in [1.54, 1.807) is 29.2 Å². The van der Waals surface area contributed by atoms with E-state index in [0.29, 0.717) is 43.3 Å². The Bertz CT molecular complexity index is 1300. The van der Waals surface area contributed by atoms with Crippen LogP contribution in [0.3, 0.4) is 0 Å². The highest BCUT2D eigenvalue weighted by Crippen LogP contribution is 2.30. The highest BCUT2D eigenvalue weighted by Gasteiger charge is 2.31. The molecule has 0 bridgehead atoms. The van der Waals surface area contributed by atoms with E-state index < -0.39 is 11.7 Å². The van der Waals surface area contributed by atoms with Crippen LogP contribution < -0.4 is 10.1 Å². The summed E-state index contributed by atoms with van der Waals surface area (Å²) in [5.41, 5.74) is 1.85. The molecule has 1 aliphatic rings. The molecule has 1 aromatic carbocycles.